The Morgan fingerprint density at radius 3 is 2.64 bits per heavy atom. The van der Waals surface area contributed by atoms with Crippen molar-refractivity contribution >= 4 is 44.0 Å². The predicted molar refractivity (Wildman–Crippen MR) is 134 cm³/mol. The second-order valence-corrected chi connectivity index (χ2v) is 9.45. The Morgan fingerprint density at radius 1 is 1.08 bits per heavy atom. The van der Waals surface area contributed by atoms with Crippen LogP contribution in [0.2, 0.25) is 0 Å². The van der Waals surface area contributed by atoms with Gasteiger partial charge in [-0.25, -0.2) is 15.0 Å². The Balaban J connectivity index is 1.64. The molecular weight excluding hydrogens is 491 g/mol. The third kappa shape index (κ3) is 4.95. The summed E-state index contributed by atoms with van der Waals surface area (Å²) in [4.78, 5) is 14.4. The van der Waals surface area contributed by atoms with Crippen LogP contribution < -0.4 is 10.1 Å². The van der Waals surface area contributed by atoms with E-state index in [1.165, 1.54) is 22.6 Å². The van der Waals surface area contributed by atoms with Crippen LogP contribution in [-0.2, 0) is 7.05 Å². The minimum atomic E-state index is -4.58. The molecule has 0 saturated carbocycles. The quantitative estimate of drug-likeness (QED) is 0.318. The van der Waals surface area contributed by atoms with Gasteiger partial charge in [0.05, 0.1) is 32.8 Å². The summed E-state index contributed by atoms with van der Waals surface area (Å²) in [7, 11) is 4.90. The molecule has 0 aliphatic heterocycles. The molecular formula is C24H22F3N7OS. The van der Waals surface area contributed by atoms with Gasteiger partial charge in [-0.1, -0.05) is 0 Å². The van der Waals surface area contributed by atoms with E-state index in [1.54, 1.807) is 55.9 Å². The van der Waals surface area contributed by atoms with Crippen LogP contribution in [0.4, 0.5) is 24.7 Å². The normalized spacial score (nSPS) is 13.0. The molecule has 36 heavy (non-hydrogen) atoms. The lowest BCUT2D eigenvalue weighted by atomic mass is 10.1. The lowest BCUT2D eigenvalue weighted by molar-refractivity contribution is -0.197. The van der Waals surface area contributed by atoms with Crippen molar-refractivity contribution in [3.63, 3.8) is 0 Å². The molecule has 1 unspecified atom stereocenters. The topological polar surface area (TPSA) is 81.0 Å². The Morgan fingerprint density at radius 2 is 1.92 bits per heavy atom. The highest BCUT2D eigenvalue weighted by Crippen LogP contribution is 2.38. The number of ether oxygens (including phenoxy) is 1. The molecule has 8 nitrogen and oxygen atoms in total. The zero-order valence-corrected chi connectivity index (χ0v) is 20.4. The number of nitrogens with one attached hydrogen (secondary N) is 1. The van der Waals surface area contributed by atoms with Gasteiger partial charge in [-0.05, 0) is 50.0 Å². The maximum atomic E-state index is 13.9. The number of fused-ring (bicyclic) bond motifs is 2. The molecule has 1 atom stereocenters. The van der Waals surface area contributed by atoms with Crippen LogP contribution in [0.5, 0.6) is 5.75 Å². The standard InChI is InChI=1S/C24H22F3N7OS/c1-33(2)11-21(24(25,26)27)35-19-7-14(15-9-31-34(3)10-15)6-18-22(19)23(29-12-28-18)32-16-4-5-17-20(8-16)36-13-30-17/h4-10,12-13,21H,11H2,1-3H3,(H,28,29,32). The fourth-order valence-electron chi connectivity index (χ4n) is 3.84. The number of hydrogen-bond donors (Lipinski definition) is 1. The summed E-state index contributed by atoms with van der Waals surface area (Å²) in [6.45, 7) is -0.347. The first-order valence-electron chi connectivity index (χ1n) is 10.9. The highest BCUT2D eigenvalue weighted by molar-refractivity contribution is 7.16. The van der Waals surface area contributed by atoms with Crippen LogP contribution in [0.25, 0.3) is 32.2 Å². The van der Waals surface area contributed by atoms with Gasteiger partial charge in [-0.15, -0.1) is 11.3 Å². The van der Waals surface area contributed by atoms with Crippen molar-refractivity contribution in [1.82, 2.24) is 29.6 Å². The summed E-state index contributed by atoms with van der Waals surface area (Å²) in [5.41, 5.74) is 5.13. The van der Waals surface area contributed by atoms with Gasteiger partial charge in [0.25, 0.3) is 0 Å². The van der Waals surface area contributed by atoms with Crippen molar-refractivity contribution in [1.29, 1.82) is 0 Å². The van der Waals surface area contributed by atoms with Gasteiger partial charge in [-0.3, -0.25) is 4.68 Å². The van der Waals surface area contributed by atoms with E-state index in [-0.39, 0.29) is 12.3 Å². The van der Waals surface area contributed by atoms with Gasteiger partial charge in [0.2, 0.25) is 6.10 Å². The minimum absolute atomic E-state index is 0.0255. The number of anilines is 2. The molecule has 5 rings (SSSR count). The number of aryl methyl sites for hydroxylation is 1. The van der Waals surface area contributed by atoms with E-state index in [0.717, 1.165) is 21.5 Å². The summed E-state index contributed by atoms with van der Waals surface area (Å²) in [5.74, 6) is 0.361. The van der Waals surface area contributed by atoms with Crippen molar-refractivity contribution in [2.75, 3.05) is 26.0 Å². The van der Waals surface area contributed by atoms with Crippen LogP contribution >= 0.6 is 11.3 Å². The molecule has 0 fully saturated rings. The zero-order chi connectivity index (χ0) is 25.4. The van der Waals surface area contributed by atoms with Crippen molar-refractivity contribution < 1.29 is 17.9 Å². The molecule has 0 radical (unpaired) electrons. The van der Waals surface area contributed by atoms with Crippen molar-refractivity contribution in [3.8, 4) is 16.9 Å². The van der Waals surface area contributed by atoms with Crippen molar-refractivity contribution in [2.24, 2.45) is 7.05 Å². The summed E-state index contributed by atoms with van der Waals surface area (Å²) < 4.78 is 50.1. The first-order valence-corrected chi connectivity index (χ1v) is 11.8. The van der Waals surface area contributed by atoms with Crippen LogP contribution in [0.3, 0.4) is 0 Å². The van der Waals surface area contributed by atoms with Crippen molar-refractivity contribution in [2.45, 2.75) is 12.3 Å². The molecule has 1 N–H and O–H groups in total. The molecule has 0 aliphatic carbocycles. The van der Waals surface area contributed by atoms with E-state index < -0.39 is 12.3 Å². The molecule has 12 heteroatoms. The van der Waals surface area contributed by atoms with Crippen LogP contribution in [0, 0.1) is 0 Å². The number of nitrogens with zero attached hydrogens (tertiary/aromatic N) is 6. The number of likely N-dealkylation sites (N-methyl/N-ethyl adjacent to an activating group) is 1. The summed E-state index contributed by atoms with van der Waals surface area (Å²) in [6.07, 6.45) is -1.86. The Labute approximate surface area is 208 Å². The number of alkyl halides is 3. The third-order valence-electron chi connectivity index (χ3n) is 5.50. The van der Waals surface area contributed by atoms with E-state index in [4.69, 9.17) is 4.74 Å². The van der Waals surface area contributed by atoms with E-state index in [2.05, 4.69) is 25.4 Å². The smallest absolute Gasteiger partial charge is 0.426 e. The highest BCUT2D eigenvalue weighted by atomic mass is 32.1. The van der Waals surface area contributed by atoms with Gasteiger partial charge in [0.15, 0.2) is 0 Å². The molecule has 2 aromatic carbocycles. The largest absolute Gasteiger partial charge is 0.479 e. The second-order valence-electron chi connectivity index (χ2n) is 8.56. The Bertz CT molecular complexity index is 1530. The highest BCUT2D eigenvalue weighted by Gasteiger charge is 2.42. The van der Waals surface area contributed by atoms with Crippen molar-refractivity contribution in [3.05, 3.63) is 54.6 Å². The predicted octanol–water partition coefficient (Wildman–Crippen LogP) is 5.25. The maximum absolute atomic E-state index is 13.9. The SMILES string of the molecule is CN(C)CC(Oc1cc(-c2cnn(C)c2)cc2ncnc(Nc3ccc4ncsc4c3)c12)C(F)(F)F. The van der Waals surface area contributed by atoms with E-state index in [1.807, 2.05) is 18.2 Å². The monoisotopic (exact) mass is 513 g/mol. The van der Waals surface area contributed by atoms with E-state index in [9.17, 15) is 13.2 Å². The maximum Gasteiger partial charge on any atom is 0.426 e. The van der Waals surface area contributed by atoms with E-state index >= 15 is 0 Å². The number of halogens is 3. The van der Waals surface area contributed by atoms with Crippen LogP contribution in [0.15, 0.2) is 54.6 Å². The number of benzene rings is 2. The average Bonchev–Trinajstić information content (AvgIpc) is 3.46. The van der Waals surface area contributed by atoms with Gasteiger partial charge in [-0.2, -0.15) is 18.3 Å². The Hall–Kier alpha value is -3.77. The molecule has 0 spiro atoms. The summed E-state index contributed by atoms with van der Waals surface area (Å²) >= 11 is 1.49. The molecule has 0 saturated heterocycles. The van der Waals surface area contributed by atoms with Gasteiger partial charge < -0.3 is 15.0 Å². The summed E-state index contributed by atoms with van der Waals surface area (Å²) in [6, 6.07) is 8.98. The zero-order valence-electron chi connectivity index (χ0n) is 19.6. The second kappa shape index (κ2) is 9.36. The fraction of sp³-hybridized carbons (Fsp3) is 0.250. The Kier molecular flexibility index (Phi) is 6.22. The van der Waals surface area contributed by atoms with Gasteiger partial charge >= 0.3 is 6.18 Å². The number of hydrogen-bond acceptors (Lipinski definition) is 8. The van der Waals surface area contributed by atoms with Gasteiger partial charge in [0.1, 0.15) is 17.9 Å². The van der Waals surface area contributed by atoms with Gasteiger partial charge in [0, 0.05) is 31.0 Å². The first kappa shape index (κ1) is 23.9. The molecule has 3 aromatic heterocycles. The lowest BCUT2D eigenvalue weighted by Crippen LogP contribution is -2.42. The average molecular weight is 514 g/mol. The molecule has 0 aliphatic rings. The molecule has 0 bridgehead atoms. The van der Waals surface area contributed by atoms with Crippen LogP contribution in [-0.4, -0.2) is 62.6 Å². The number of rotatable bonds is 7. The molecule has 0 amide bonds. The fourth-order valence-corrected chi connectivity index (χ4v) is 4.56. The number of aromatic nitrogens is 5. The number of thiazole rings is 1. The first-order chi connectivity index (χ1) is 17.2. The molecule has 3 heterocycles. The lowest BCUT2D eigenvalue weighted by Gasteiger charge is -2.26. The molecule has 186 valence electrons. The minimum Gasteiger partial charge on any atom is -0.479 e. The molecule has 5 aromatic rings. The third-order valence-corrected chi connectivity index (χ3v) is 6.29. The van der Waals surface area contributed by atoms with E-state index in [0.29, 0.717) is 22.3 Å². The van der Waals surface area contributed by atoms with Crippen LogP contribution in [0.1, 0.15) is 0 Å². The summed E-state index contributed by atoms with van der Waals surface area (Å²) in [5, 5.41) is 7.75.